The molecule has 0 amide bonds. The third-order valence-corrected chi connectivity index (χ3v) is 4.39. The number of hydrogen-bond donors (Lipinski definition) is 1. The molecule has 0 spiro atoms. The lowest BCUT2D eigenvalue weighted by Gasteiger charge is -2.39. The molecule has 0 aromatic carbocycles. The summed E-state index contributed by atoms with van der Waals surface area (Å²) in [5.41, 5.74) is 0. The predicted molar refractivity (Wildman–Crippen MR) is 64.5 cm³/mol. The van der Waals surface area contributed by atoms with Crippen LogP contribution in [0.4, 0.5) is 0 Å². The third kappa shape index (κ3) is 2.13. The van der Waals surface area contributed by atoms with Gasteiger partial charge in [-0.15, -0.1) is 0 Å². The maximum atomic E-state index is 6.10. The number of morpholine rings is 1. The van der Waals surface area contributed by atoms with Gasteiger partial charge in [0.1, 0.15) is 0 Å². The van der Waals surface area contributed by atoms with Crippen LogP contribution in [-0.4, -0.2) is 49.3 Å². The first kappa shape index (κ1) is 11.0. The van der Waals surface area contributed by atoms with Gasteiger partial charge in [0, 0.05) is 18.6 Å². The van der Waals surface area contributed by atoms with Gasteiger partial charge in [-0.25, -0.2) is 0 Å². The van der Waals surface area contributed by atoms with Crippen LogP contribution in [0.25, 0.3) is 0 Å². The Morgan fingerprint density at radius 1 is 1.38 bits per heavy atom. The Morgan fingerprint density at radius 3 is 3.00 bits per heavy atom. The maximum absolute atomic E-state index is 6.10. The topological polar surface area (TPSA) is 24.5 Å². The summed E-state index contributed by atoms with van der Waals surface area (Å²) in [6, 6.07) is 1.35. The van der Waals surface area contributed by atoms with Crippen LogP contribution in [0.2, 0.25) is 0 Å². The summed E-state index contributed by atoms with van der Waals surface area (Å²) in [4.78, 5) is 2.65. The van der Waals surface area contributed by atoms with Gasteiger partial charge in [-0.2, -0.15) is 0 Å². The van der Waals surface area contributed by atoms with E-state index in [0.717, 1.165) is 25.1 Å². The van der Waals surface area contributed by atoms with E-state index < -0.39 is 0 Å². The van der Waals surface area contributed by atoms with Crippen molar-refractivity contribution < 1.29 is 4.74 Å². The Bertz CT molecular complexity index is 242. The van der Waals surface area contributed by atoms with Gasteiger partial charge in [0.05, 0.1) is 12.7 Å². The zero-order chi connectivity index (χ0) is 11.0. The van der Waals surface area contributed by atoms with Crippen molar-refractivity contribution in [3.8, 4) is 0 Å². The minimum absolute atomic E-state index is 0.446. The van der Waals surface area contributed by atoms with Crippen molar-refractivity contribution >= 4 is 0 Å². The lowest BCUT2D eigenvalue weighted by atomic mass is 10.0. The van der Waals surface area contributed by atoms with Gasteiger partial charge in [0.2, 0.25) is 0 Å². The molecule has 2 heterocycles. The van der Waals surface area contributed by atoms with E-state index >= 15 is 0 Å². The van der Waals surface area contributed by atoms with Gasteiger partial charge in [-0.1, -0.05) is 6.92 Å². The maximum Gasteiger partial charge on any atom is 0.0858 e. The van der Waals surface area contributed by atoms with Gasteiger partial charge in [-0.3, -0.25) is 4.90 Å². The van der Waals surface area contributed by atoms with Crippen LogP contribution in [-0.2, 0) is 4.74 Å². The van der Waals surface area contributed by atoms with E-state index in [4.69, 9.17) is 4.74 Å². The molecule has 1 saturated carbocycles. The molecule has 0 radical (unpaired) electrons. The molecule has 0 aromatic rings. The van der Waals surface area contributed by atoms with Crippen LogP contribution in [0.5, 0.6) is 0 Å². The second kappa shape index (κ2) is 4.63. The highest BCUT2D eigenvalue weighted by molar-refractivity contribution is 4.96. The van der Waals surface area contributed by atoms with Gasteiger partial charge < -0.3 is 10.1 Å². The van der Waals surface area contributed by atoms with Crippen molar-refractivity contribution in [3.63, 3.8) is 0 Å². The molecule has 1 N–H and O–H groups in total. The summed E-state index contributed by atoms with van der Waals surface area (Å²) in [6.07, 6.45) is 5.97. The van der Waals surface area contributed by atoms with E-state index in [1.165, 1.54) is 38.8 Å². The van der Waals surface area contributed by atoms with Gasteiger partial charge in [-0.05, 0) is 44.7 Å². The van der Waals surface area contributed by atoms with Crippen molar-refractivity contribution in [2.45, 2.75) is 50.8 Å². The highest BCUT2D eigenvalue weighted by Crippen LogP contribution is 2.36. The Kier molecular flexibility index (Phi) is 3.18. The summed E-state index contributed by atoms with van der Waals surface area (Å²) in [5.74, 6) is 0.893. The molecule has 3 atom stereocenters. The number of nitrogens with zero attached hydrogens (tertiary/aromatic N) is 1. The van der Waals surface area contributed by atoms with E-state index in [1.807, 2.05) is 0 Å². The largest absolute Gasteiger partial charge is 0.374 e. The summed E-state index contributed by atoms with van der Waals surface area (Å²) < 4.78 is 6.10. The zero-order valence-electron chi connectivity index (χ0n) is 10.3. The molecule has 3 aliphatic rings. The minimum Gasteiger partial charge on any atom is -0.374 e. The van der Waals surface area contributed by atoms with Crippen LogP contribution < -0.4 is 5.32 Å². The Hall–Kier alpha value is -0.120. The van der Waals surface area contributed by atoms with Crippen LogP contribution in [0.3, 0.4) is 0 Å². The number of fused-ring (bicyclic) bond motifs is 1. The normalized spacial score (nSPS) is 37.3. The molecule has 0 aromatic heterocycles. The SMILES string of the molecule is CCNC(C1CC1)C1CN2CCCC2CO1. The van der Waals surface area contributed by atoms with Gasteiger partial charge in [0.15, 0.2) is 0 Å². The molecular weight excluding hydrogens is 200 g/mol. The molecule has 1 aliphatic carbocycles. The number of nitrogens with one attached hydrogen (secondary N) is 1. The number of likely N-dealkylation sites (N-methyl/N-ethyl adjacent to an activating group) is 1. The minimum atomic E-state index is 0.446. The average Bonchev–Trinajstić information content (AvgIpc) is 3.03. The van der Waals surface area contributed by atoms with Crippen molar-refractivity contribution in [1.82, 2.24) is 10.2 Å². The van der Waals surface area contributed by atoms with Gasteiger partial charge >= 0.3 is 0 Å². The number of hydrogen-bond acceptors (Lipinski definition) is 3. The lowest BCUT2D eigenvalue weighted by molar-refractivity contribution is -0.0675. The summed E-state index contributed by atoms with van der Waals surface area (Å²) in [6.45, 7) is 6.72. The first-order valence-corrected chi connectivity index (χ1v) is 6.97. The van der Waals surface area contributed by atoms with E-state index in [-0.39, 0.29) is 0 Å². The fourth-order valence-electron chi connectivity index (χ4n) is 3.35. The summed E-state index contributed by atoms with van der Waals surface area (Å²) >= 11 is 0. The van der Waals surface area contributed by atoms with E-state index in [2.05, 4.69) is 17.1 Å². The van der Waals surface area contributed by atoms with Gasteiger partial charge in [0.25, 0.3) is 0 Å². The fourth-order valence-corrected chi connectivity index (χ4v) is 3.35. The molecule has 3 rings (SSSR count). The third-order valence-electron chi connectivity index (χ3n) is 4.39. The van der Waals surface area contributed by atoms with E-state index in [9.17, 15) is 0 Å². The Balaban J connectivity index is 1.60. The number of ether oxygens (including phenoxy) is 1. The highest BCUT2D eigenvalue weighted by atomic mass is 16.5. The average molecular weight is 224 g/mol. The second-order valence-corrected chi connectivity index (χ2v) is 5.58. The molecular formula is C13H24N2O. The fraction of sp³-hybridized carbons (Fsp3) is 1.00. The Morgan fingerprint density at radius 2 is 2.25 bits per heavy atom. The molecule has 2 aliphatic heterocycles. The Labute approximate surface area is 98.5 Å². The van der Waals surface area contributed by atoms with Crippen LogP contribution >= 0.6 is 0 Å². The molecule has 2 saturated heterocycles. The van der Waals surface area contributed by atoms with E-state index in [1.54, 1.807) is 0 Å². The summed E-state index contributed by atoms with van der Waals surface area (Å²) in [7, 11) is 0. The lowest BCUT2D eigenvalue weighted by Crippen LogP contribution is -2.54. The quantitative estimate of drug-likeness (QED) is 0.777. The van der Waals surface area contributed by atoms with Crippen LogP contribution in [0.1, 0.15) is 32.6 Å². The second-order valence-electron chi connectivity index (χ2n) is 5.58. The molecule has 92 valence electrons. The number of rotatable bonds is 4. The molecule has 3 unspecified atom stereocenters. The van der Waals surface area contributed by atoms with Crippen molar-refractivity contribution in [2.75, 3.05) is 26.2 Å². The first-order valence-electron chi connectivity index (χ1n) is 6.97. The predicted octanol–water partition coefficient (Wildman–Crippen LogP) is 1.24. The highest BCUT2D eigenvalue weighted by Gasteiger charge is 2.41. The van der Waals surface area contributed by atoms with Crippen LogP contribution in [0.15, 0.2) is 0 Å². The van der Waals surface area contributed by atoms with E-state index in [0.29, 0.717) is 12.1 Å². The smallest absolute Gasteiger partial charge is 0.0858 e. The first-order chi connectivity index (χ1) is 7.88. The van der Waals surface area contributed by atoms with Crippen LogP contribution in [0, 0.1) is 5.92 Å². The van der Waals surface area contributed by atoms with Crippen molar-refractivity contribution in [1.29, 1.82) is 0 Å². The molecule has 3 heteroatoms. The molecule has 3 fully saturated rings. The molecule has 3 nitrogen and oxygen atoms in total. The standard InChI is InChI=1S/C13H24N2O/c1-2-14-13(10-5-6-10)12-8-15-7-3-4-11(15)9-16-12/h10-14H,2-9H2,1H3. The molecule has 16 heavy (non-hydrogen) atoms. The van der Waals surface area contributed by atoms with Crippen molar-refractivity contribution in [2.24, 2.45) is 5.92 Å². The summed E-state index contributed by atoms with van der Waals surface area (Å²) in [5, 5.41) is 3.64. The molecule has 0 bridgehead atoms. The monoisotopic (exact) mass is 224 g/mol. The van der Waals surface area contributed by atoms with Crippen molar-refractivity contribution in [3.05, 3.63) is 0 Å². The zero-order valence-corrected chi connectivity index (χ0v) is 10.3.